The van der Waals surface area contributed by atoms with Crippen LogP contribution in [0, 0.1) is 12.7 Å². The molecule has 0 bridgehead atoms. The lowest BCUT2D eigenvalue weighted by molar-refractivity contribution is 0.114. The van der Waals surface area contributed by atoms with Gasteiger partial charge in [-0.3, -0.25) is 0 Å². The zero-order chi connectivity index (χ0) is 16.5. The number of rotatable bonds is 3. The van der Waals surface area contributed by atoms with Gasteiger partial charge in [-0.05, 0) is 37.3 Å². The minimum atomic E-state index is -0.234. The van der Waals surface area contributed by atoms with Gasteiger partial charge in [0, 0.05) is 30.2 Å². The molecule has 1 aliphatic rings. The Morgan fingerprint density at radius 2 is 1.83 bits per heavy atom. The molecule has 0 spiro atoms. The summed E-state index contributed by atoms with van der Waals surface area (Å²) in [5.41, 5.74) is 3.95. The van der Waals surface area contributed by atoms with Crippen molar-refractivity contribution in [1.29, 1.82) is 0 Å². The third-order valence-corrected chi connectivity index (χ3v) is 4.39. The summed E-state index contributed by atoms with van der Waals surface area (Å²) in [6.07, 6.45) is 3.68. The Morgan fingerprint density at radius 1 is 1.04 bits per heavy atom. The highest BCUT2D eigenvalue weighted by atomic mass is 19.1. The largest absolute Gasteiger partial charge is 0.352 e. The van der Waals surface area contributed by atoms with Crippen molar-refractivity contribution in [3.63, 3.8) is 0 Å². The molecule has 2 aromatic carbocycles. The zero-order valence-corrected chi connectivity index (χ0v) is 13.5. The molecule has 0 aliphatic carbocycles. The number of hydrogen-bond acceptors (Lipinski definition) is 2. The Kier molecular flexibility index (Phi) is 3.82. The molecule has 0 unspecified atom stereocenters. The van der Waals surface area contributed by atoms with Crippen molar-refractivity contribution in [2.45, 2.75) is 13.2 Å². The number of nitrogens with zero attached hydrogens (tertiary/aromatic N) is 2. The molecule has 1 aliphatic heterocycles. The van der Waals surface area contributed by atoms with Crippen molar-refractivity contribution < 1.29 is 9.13 Å². The van der Waals surface area contributed by atoms with Crippen LogP contribution in [0.3, 0.4) is 0 Å². The van der Waals surface area contributed by atoms with Gasteiger partial charge in [0.15, 0.2) is 6.23 Å². The van der Waals surface area contributed by atoms with E-state index in [9.17, 15) is 4.39 Å². The van der Waals surface area contributed by atoms with E-state index in [1.165, 1.54) is 11.6 Å². The Bertz CT molecular complexity index is 841. The number of anilines is 1. The van der Waals surface area contributed by atoms with Crippen LogP contribution < -0.4 is 4.90 Å². The average molecular weight is 322 g/mol. The van der Waals surface area contributed by atoms with Crippen molar-refractivity contribution in [2.75, 3.05) is 18.1 Å². The normalized spacial score (nSPS) is 17.4. The van der Waals surface area contributed by atoms with Gasteiger partial charge in [0.25, 0.3) is 0 Å². The minimum Gasteiger partial charge on any atom is -0.352 e. The predicted octanol–water partition coefficient (Wildman–Crippen LogP) is 4.46. The Morgan fingerprint density at radius 3 is 2.62 bits per heavy atom. The monoisotopic (exact) mass is 322 g/mol. The van der Waals surface area contributed by atoms with Gasteiger partial charge >= 0.3 is 0 Å². The van der Waals surface area contributed by atoms with Crippen LogP contribution in [0.1, 0.15) is 17.4 Å². The van der Waals surface area contributed by atoms with Crippen LogP contribution in [0.4, 0.5) is 10.1 Å². The van der Waals surface area contributed by atoms with Crippen LogP contribution in [-0.4, -0.2) is 17.7 Å². The fourth-order valence-corrected chi connectivity index (χ4v) is 3.12. The van der Waals surface area contributed by atoms with Crippen LogP contribution >= 0.6 is 0 Å². The fraction of sp³-hybridized carbons (Fsp3) is 0.200. The topological polar surface area (TPSA) is 17.4 Å². The first kappa shape index (κ1) is 15.0. The standard InChI is InChI=1S/C20H19FN2O/c1-15-6-8-17(9-7-15)23-12-13-24-20(23)16-10-11-22(14-16)19-5-3-2-4-18(19)21/h2-11,14,20H,12-13H2,1H3/t20-/m1/s1. The molecule has 1 atom stereocenters. The van der Waals surface area contributed by atoms with Gasteiger partial charge in [-0.1, -0.05) is 29.8 Å². The van der Waals surface area contributed by atoms with Crippen molar-refractivity contribution in [1.82, 2.24) is 4.57 Å². The van der Waals surface area contributed by atoms with Gasteiger partial charge in [0.1, 0.15) is 5.82 Å². The second kappa shape index (κ2) is 6.13. The predicted molar refractivity (Wildman–Crippen MR) is 92.9 cm³/mol. The van der Waals surface area contributed by atoms with E-state index in [1.807, 2.05) is 24.5 Å². The second-order valence-corrected chi connectivity index (χ2v) is 6.06. The van der Waals surface area contributed by atoms with Crippen molar-refractivity contribution >= 4 is 5.69 Å². The lowest BCUT2D eigenvalue weighted by Gasteiger charge is -2.24. The summed E-state index contributed by atoms with van der Waals surface area (Å²) >= 11 is 0. The third-order valence-electron chi connectivity index (χ3n) is 4.39. The summed E-state index contributed by atoms with van der Waals surface area (Å²) in [6, 6.07) is 17.2. The molecular formula is C20H19FN2O. The van der Waals surface area contributed by atoms with Gasteiger partial charge in [-0.25, -0.2) is 4.39 Å². The lowest BCUT2D eigenvalue weighted by Crippen LogP contribution is -2.22. The highest BCUT2D eigenvalue weighted by Crippen LogP contribution is 2.33. The van der Waals surface area contributed by atoms with E-state index in [0.717, 1.165) is 17.8 Å². The first-order chi connectivity index (χ1) is 11.7. The Hall–Kier alpha value is -2.59. The van der Waals surface area contributed by atoms with E-state index in [1.54, 1.807) is 16.7 Å². The first-order valence-electron chi connectivity index (χ1n) is 8.10. The van der Waals surface area contributed by atoms with Crippen LogP contribution in [0.5, 0.6) is 0 Å². The quantitative estimate of drug-likeness (QED) is 0.708. The number of halogens is 1. The molecular weight excluding hydrogens is 303 g/mol. The second-order valence-electron chi connectivity index (χ2n) is 6.06. The molecule has 24 heavy (non-hydrogen) atoms. The number of ether oxygens (including phenoxy) is 1. The molecule has 0 N–H and O–H groups in total. The van der Waals surface area contributed by atoms with E-state index < -0.39 is 0 Å². The molecule has 1 fully saturated rings. The summed E-state index contributed by atoms with van der Waals surface area (Å²) in [6.45, 7) is 3.61. The molecule has 1 aromatic heterocycles. The number of hydrogen-bond donors (Lipinski definition) is 0. The van der Waals surface area contributed by atoms with Crippen LogP contribution in [-0.2, 0) is 4.74 Å². The molecule has 2 heterocycles. The van der Waals surface area contributed by atoms with Gasteiger partial charge in [-0.2, -0.15) is 0 Å². The molecule has 0 saturated carbocycles. The van der Waals surface area contributed by atoms with Crippen molar-refractivity contribution in [3.05, 3.63) is 83.9 Å². The lowest BCUT2D eigenvalue weighted by atomic mass is 10.2. The Labute approximate surface area is 140 Å². The summed E-state index contributed by atoms with van der Waals surface area (Å²) in [4.78, 5) is 2.24. The van der Waals surface area contributed by atoms with Gasteiger partial charge in [-0.15, -0.1) is 0 Å². The molecule has 122 valence electrons. The van der Waals surface area contributed by atoms with E-state index in [4.69, 9.17) is 4.74 Å². The molecule has 0 amide bonds. The molecule has 4 heteroatoms. The van der Waals surface area contributed by atoms with Crippen LogP contribution in [0.2, 0.25) is 0 Å². The van der Waals surface area contributed by atoms with E-state index >= 15 is 0 Å². The fourth-order valence-electron chi connectivity index (χ4n) is 3.12. The molecule has 3 nitrogen and oxygen atoms in total. The maximum absolute atomic E-state index is 14.0. The molecule has 3 aromatic rings. The zero-order valence-electron chi connectivity index (χ0n) is 13.5. The molecule has 4 rings (SSSR count). The van der Waals surface area contributed by atoms with Gasteiger partial charge in [0.2, 0.25) is 0 Å². The third kappa shape index (κ3) is 2.69. The average Bonchev–Trinajstić information content (AvgIpc) is 3.25. The van der Waals surface area contributed by atoms with Gasteiger partial charge in [0.05, 0.1) is 12.3 Å². The molecule has 1 saturated heterocycles. The van der Waals surface area contributed by atoms with E-state index in [0.29, 0.717) is 12.3 Å². The van der Waals surface area contributed by atoms with E-state index in [-0.39, 0.29) is 12.0 Å². The van der Waals surface area contributed by atoms with Crippen LogP contribution in [0.15, 0.2) is 67.0 Å². The molecule has 0 radical (unpaired) electrons. The summed E-state index contributed by atoms with van der Waals surface area (Å²) < 4.78 is 21.7. The number of benzene rings is 2. The maximum Gasteiger partial charge on any atom is 0.158 e. The summed E-state index contributed by atoms with van der Waals surface area (Å²) in [7, 11) is 0. The minimum absolute atomic E-state index is 0.138. The SMILES string of the molecule is Cc1ccc(N2CCO[C@@H]2c2ccn(-c3ccccc3F)c2)cc1. The summed E-state index contributed by atoms with van der Waals surface area (Å²) in [5.74, 6) is -0.234. The van der Waals surface area contributed by atoms with E-state index in [2.05, 4.69) is 36.1 Å². The Balaban J connectivity index is 1.64. The van der Waals surface area contributed by atoms with Crippen molar-refractivity contribution in [2.24, 2.45) is 0 Å². The number of aryl methyl sites for hydroxylation is 1. The highest BCUT2D eigenvalue weighted by Gasteiger charge is 2.28. The van der Waals surface area contributed by atoms with Gasteiger partial charge < -0.3 is 14.2 Å². The number of aromatic nitrogens is 1. The first-order valence-corrected chi connectivity index (χ1v) is 8.10. The highest BCUT2D eigenvalue weighted by molar-refractivity contribution is 5.50. The smallest absolute Gasteiger partial charge is 0.158 e. The number of para-hydroxylation sites is 1. The van der Waals surface area contributed by atoms with Crippen molar-refractivity contribution in [3.8, 4) is 5.69 Å². The summed E-state index contributed by atoms with van der Waals surface area (Å²) in [5, 5.41) is 0. The van der Waals surface area contributed by atoms with Crippen LogP contribution in [0.25, 0.3) is 5.69 Å². The maximum atomic E-state index is 14.0.